The molecule has 3 amide bonds. The number of benzene rings is 2. The van der Waals surface area contributed by atoms with Gasteiger partial charge < -0.3 is 9.64 Å². The minimum atomic E-state index is -0.562. The summed E-state index contributed by atoms with van der Waals surface area (Å²) in [5.41, 5.74) is 3.08. The number of aryl methyl sites for hydroxylation is 2. The number of hydrogen-bond acceptors (Lipinski definition) is 5. The van der Waals surface area contributed by atoms with Gasteiger partial charge in [-0.2, -0.15) is 0 Å². The Bertz CT molecular complexity index is 1270. The van der Waals surface area contributed by atoms with Crippen LogP contribution < -0.4 is 14.5 Å². The summed E-state index contributed by atoms with van der Waals surface area (Å²) in [5, 5.41) is 0. The third kappa shape index (κ3) is 3.40. The van der Waals surface area contributed by atoms with Gasteiger partial charge in [-0.3, -0.25) is 19.2 Å². The maximum atomic E-state index is 13.1. The van der Waals surface area contributed by atoms with Gasteiger partial charge in [0.2, 0.25) is 17.7 Å². The summed E-state index contributed by atoms with van der Waals surface area (Å²) in [6.07, 6.45) is 5.13. The molecule has 2 saturated heterocycles. The number of fused-ring (bicyclic) bond motifs is 5. The molecule has 7 nitrogen and oxygen atoms in total. The lowest BCUT2D eigenvalue weighted by Gasteiger charge is -2.20. The van der Waals surface area contributed by atoms with Gasteiger partial charge in [0.25, 0.3) is 0 Å². The average molecular weight is 471 g/mol. The summed E-state index contributed by atoms with van der Waals surface area (Å²) in [6, 6.07) is 12.6. The van der Waals surface area contributed by atoms with Gasteiger partial charge in [-0.1, -0.05) is 29.8 Å². The molecule has 3 fully saturated rings. The van der Waals surface area contributed by atoms with Crippen molar-refractivity contribution in [1.29, 1.82) is 0 Å². The molecular weight excluding hydrogens is 444 g/mol. The van der Waals surface area contributed by atoms with Crippen LogP contribution in [0.25, 0.3) is 0 Å². The topological polar surface area (TPSA) is 84.0 Å². The lowest BCUT2D eigenvalue weighted by molar-refractivity contribution is -0.139. The number of rotatable bonds is 4. The molecule has 0 aromatic heterocycles. The van der Waals surface area contributed by atoms with Crippen LogP contribution in [0.4, 0.5) is 11.4 Å². The van der Waals surface area contributed by atoms with Gasteiger partial charge in [-0.15, -0.1) is 0 Å². The number of carbonyl (C=O) groups is 4. The van der Waals surface area contributed by atoms with Gasteiger partial charge in [-0.25, -0.2) is 4.90 Å². The Hall–Kier alpha value is -3.74. The fourth-order valence-corrected chi connectivity index (χ4v) is 6.12. The van der Waals surface area contributed by atoms with Crippen LogP contribution in [0.5, 0.6) is 5.75 Å². The predicted octanol–water partition coefficient (Wildman–Crippen LogP) is 3.57. The van der Waals surface area contributed by atoms with Crippen LogP contribution in [-0.4, -0.2) is 30.2 Å². The number of nitrogens with zero attached hydrogens (tertiary/aromatic N) is 2. The number of esters is 1. The summed E-state index contributed by atoms with van der Waals surface area (Å²) in [5.74, 6) is -1.28. The van der Waals surface area contributed by atoms with Crippen molar-refractivity contribution < 1.29 is 23.9 Å². The molecule has 0 spiro atoms. The average Bonchev–Trinajstić information content (AvgIpc) is 3.59. The molecule has 2 aliphatic heterocycles. The van der Waals surface area contributed by atoms with Crippen molar-refractivity contribution in [1.82, 2.24) is 0 Å². The molecule has 6 rings (SSSR count). The SMILES string of the molecule is Cc1ccc(N2CC(C(=O)Oc3ccc(N4C(=O)C5C6C=CC(C6)C5C4=O)c(C)c3)CC2=O)cc1. The smallest absolute Gasteiger partial charge is 0.316 e. The number of hydrogen-bond donors (Lipinski definition) is 0. The molecule has 4 aliphatic rings. The van der Waals surface area contributed by atoms with Crippen LogP contribution in [0.3, 0.4) is 0 Å². The Morgan fingerprint density at radius 1 is 0.914 bits per heavy atom. The first-order chi connectivity index (χ1) is 16.8. The zero-order chi connectivity index (χ0) is 24.4. The minimum Gasteiger partial charge on any atom is -0.426 e. The second-order valence-electron chi connectivity index (χ2n) is 10.1. The first-order valence-electron chi connectivity index (χ1n) is 12.1. The Morgan fingerprint density at radius 3 is 2.20 bits per heavy atom. The van der Waals surface area contributed by atoms with Crippen molar-refractivity contribution in [2.24, 2.45) is 29.6 Å². The van der Waals surface area contributed by atoms with Crippen molar-refractivity contribution >= 4 is 35.1 Å². The molecule has 1 saturated carbocycles. The largest absolute Gasteiger partial charge is 0.426 e. The van der Waals surface area contributed by atoms with E-state index in [1.807, 2.05) is 31.2 Å². The summed E-state index contributed by atoms with van der Waals surface area (Å²) < 4.78 is 5.60. The molecule has 2 aromatic rings. The third-order valence-electron chi connectivity index (χ3n) is 7.90. The molecule has 2 bridgehead atoms. The Labute approximate surface area is 203 Å². The van der Waals surface area contributed by atoms with Crippen LogP contribution in [-0.2, 0) is 19.2 Å². The first-order valence-corrected chi connectivity index (χ1v) is 12.1. The van der Waals surface area contributed by atoms with Crippen LogP contribution in [0, 0.1) is 43.4 Å². The quantitative estimate of drug-likeness (QED) is 0.295. The van der Waals surface area contributed by atoms with Gasteiger partial charge in [0.15, 0.2) is 0 Å². The van der Waals surface area contributed by atoms with Gasteiger partial charge in [0, 0.05) is 18.7 Å². The first kappa shape index (κ1) is 21.8. The van der Waals surface area contributed by atoms with E-state index in [4.69, 9.17) is 4.74 Å². The van der Waals surface area contributed by atoms with Gasteiger partial charge in [-0.05, 0) is 68.0 Å². The van der Waals surface area contributed by atoms with E-state index in [1.54, 1.807) is 30.0 Å². The lowest BCUT2D eigenvalue weighted by Crippen LogP contribution is -2.33. The zero-order valence-electron chi connectivity index (χ0n) is 19.6. The number of anilines is 2. The number of amides is 3. The Balaban J connectivity index is 1.15. The number of imide groups is 1. The van der Waals surface area contributed by atoms with E-state index < -0.39 is 11.9 Å². The highest BCUT2D eigenvalue weighted by molar-refractivity contribution is 6.23. The third-order valence-corrected chi connectivity index (χ3v) is 7.90. The van der Waals surface area contributed by atoms with Crippen LogP contribution in [0.2, 0.25) is 0 Å². The van der Waals surface area contributed by atoms with E-state index in [1.165, 1.54) is 4.90 Å². The van der Waals surface area contributed by atoms with E-state index in [-0.39, 0.29) is 54.4 Å². The second kappa shape index (κ2) is 7.90. The second-order valence-corrected chi connectivity index (χ2v) is 10.1. The maximum absolute atomic E-state index is 13.1. The predicted molar refractivity (Wildman–Crippen MR) is 129 cm³/mol. The highest BCUT2D eigenvalue weighted by atomic mass is 16.5. The summed E-state index contributed by atoms with van der Waals surface area (Å²) in [6.45, 7) is 4.05. The van der Waals surface area contributed by atoms with Gasteiger partial charge in [0.1, 0.15) is 5.75 Å². The highest BCUT2D eigenvalue weighted by Crippen LogP contribution is 2.53. The van der Waals surface area contributed by atoms with Crippen molar-refractivity contribution in [2.75, 3.05) is 16.3 Å². The van der Waals surface area contributed by atoms with E-state index >= 15 is 0 Å². The van der Waals surface area contributed by atoms with Crippen molar-refractivity contribution in [3.63, 3.8) is 0 Å². The normalized spacial score (nSPS) is 28.9. The van der Waals surface area contributed by atoms with Crippen molar-refractivity contribution in [3.05, 3.63) is 65.7 Å². The summed E-state index contributed by atoms with van der Waals surface area (Å²) >= 11 is 0. The van der Waals surface area contributed by atoms with Crippen LogP contribution in [0.1, 0.15) is 24.0 Å². The van der Waals surface area contributed by atoms with Gasteiger partial charge in [0.05, 0.1) is 23.4 Å². The molecule has 2 heterocycles. The monoisotopic (exact) mass is 470 g/mol. The number of ether oxygens (including phenoxy) is 1. The fraction of sp³-hybridized carbons (Fsp3) is 0.357. The molecule has 5 unspecified atom stereocenters. The molecule has 0 N–H and O–H groups in total. The summed E-state index contributed by atoms with van der Waals surface area (Å²) in [7, 11) is 0. The lowest BCUT2D eigenvalue weighted by atomic mass is 9.85. The van der Waals surface area contributed by atoms with E-state index in [0.29, 0.717) is 17.0 Å². The zero-order valence-corrected chi connectivity index (χ0v) is 19.6. The molecule has 2 aliphatic carbocycles. The van der Waals surface area contributed by atoms with E-state index in [2.05, 4.69) is 12.2 Å². The van der Waals surface area contributed by atoms with Crippen molar-refractivity contribution in [2.45, 2.75) is 26.7 Å². The van der Waals surface area contributed by atoms with E-state index in [0.717, 1.165) is 17.7 Å². The minimum absolute atomic E-state index is 0.0969. The number of allylic oxidation sites excluding steroid dienone is 2. The Morgan fingerprint density at radius 2 is 1.57 bits per heavy atom. The van der Waals surface area contributed by atoms with Crippen LogP contribution >= 0.6 is 0 Å². The Kier molecular flexibility index (Phi) is 4.91. The maximum Gasteiger partial charge on any atom is 0.316 e. The summed E-state index contributed by atoms with van der Waals surface area (Å²) in [4.78, 5) is 54.5. The number of carbonyl (C=O) groups excluding carboxylic acids is 4. The van der Waals surface area contributed by atoms with Crippen LogP contribution in [0.15, 0.2) is 54.6 Å². The fourth-order valence-electron chi connectivity index (χ4n) is 6.12. The van der Waals surface area contributed by atoms with Gasteiger partial charge >= 0.3 is 5.97 Å². The molecule has 2 aromatic carbocycles. The molecule has 7 heteroatoms. The molecule has 35 heavy (non-hydrogen) atoms. The molecule has 0 radical (unpaired) electrons. The highest BCUT2D eigenvalue weighted by Gasteiger charge is 2.59. The molecule has 5 atom stereocenters. The van der Waals surface area contributed by atoms with Crippen molar-refractivity contribution in [3.8, 4) is 5.75 Å². The molecule has 178 valence electrons. The molecular formula is C28H26N2O5. The van der Waals surface area contributed by atoms with E-state index in [9.17, 15) is 19.2 Å². The standard InChI is InChI=1S/C28H26N2O5/c1-15-3-7-20(8-4-15)29-14-19(13-23(29)31)28(34)35-21-9-10-22(16(2)11-21)30-26(32)24-17-5-6-18(12-17)25(24)27(30)33/h3-11,17-19,24-25H,12-14H2,1-2H3.